The molecule has 9 nitrogen and oxygen atoms in total. The highest BCUT2D eigenvalue weighted by molar-refractivity contribution is 5.94. The van der Waals surface area contributed by atoms with E-state index in [0.29, 0.717) is 12.1 Å². The molecule has 0 spiro atoms. The number of carbonyl (C=O) groups excluding carboxylic acids is 1. The molecule has 42 heavy (non-hydrogen) atoms. The molecule has 9 heteroatoms. The van der Waals surface area contributed by atoms with Crippen LogP contribution in [0.2, 0.25) is 0 Å². The van der Waals surface area contributed by atoms with E-state index < -0.39 is 0 Å². The number of pyridine rings is 3. The zero-order valence-corrected chi connectivity index (χ0v) is 24.8. The summed E-state index contributed by atoms with van der Waals surface area (Å²) in [6.07, 6.45) is 3.03. The van der Waals surface area contributed by atoms with Crippen LogP contribution < -0.4 is 10.2 Å². The van der Waals surface area contributed by atoms with Crippen molar-refractivity contribution >= 4 is 22.6 Å². The molecule has 1 aromatic carbocycles. The lowest BCUT2D eigenvalue weighted by Crippen LogP contribution is -2.45. The monoisotopic (exact) mass is 568 g/mol. The number of rotatable bonds is 5. The average molecular weight is 569 g/mol. The number of benzene rings is 1. The fourth-order valence-corrected chi connectivity index (χ4v) is 5.29. The van der Waals surface area contributed by atoms with Crippen LogP contribution >= 0.6 is 0 Å². The molecule has 4 aromatic rings. The Kier molecular flexibility index (Phi) is 9.41. The second-order valence-corrected chi connectivity index (χ2v) is 11.4. The first kappa shape index (κ1) is 29.6. The van der Waals surface area contributed by atoms with Crippen molar-refractivity contribution in [1.82, 2.24) is 25.2 Å². The number of β-amino-alcohol motifs (C(OH)–C–C–N with tert-alkyl or cyclic N) is 1. The van der Waals surface area contributed by atoms with Gasteiger partial charge in [0.2, 0.25) is 0 Å². The highest BCUT2D eigenvalue weighted by atomic mass is 16.5. The van der Waals surface area contributed by atoms with Crippen molar-refractivity contribution in [3.8, 4) is 11.4 Å². The van der Waals surface area contributed by atoms with Crippen molar-refractivity contribution in [3.05, 3.63) is 83.7 Å². The van der Waals surface area contributed by atoms with Gasteiger partial charge in [-0.05, 0) is 76.7 Å². The van der Waals surface area contributed by atoms with Crippen molar-refractivity contribution in [1.29, 1.82) is 0 Å². The summed E-state index contributed by atoms with van der Waals surface area (Å²) >= 11 is 0. The van der Waals surface area contributed by atoms with Gasteiger partial charge in [0.15, 0.2) is 0 Å². The molecule has 3 aromatic heterocycles. The first-order valence-corrected chi connectivity index (χ1v) is 14.6. The van der Waals surface area contributed by atoms with Gasteiger partial charge in [0.25, 0.3) is 5.91 Å². The van der Waals surface area contributed by atoms with Gasteiger partial charge in [-0.2, -0.15) is 0 Å². The number of anilines is 1. The Hall–Kier alpha value is -3.92. The molecule has 0 saturated carbocycles. The molecule has 2 aliphatic heterocycles. The first-order valence-electron chi connectivity index (χ1n) is 14.6. The normalized spacial score (nSPS) is 20.7. The van der Waals surface area contributed by atoms with E-state index in [1.54, 1.807) is 6.20 Å². The Labute approximate surface area is 247 Å². The number of fused-ring (bicyclic) bond motifs is 1. The number of hydrogen-bond acceptors (Lipinski definition) is 8. The van der Waals surface area contributed by atoms with Gasteiger partial charge in [-0.3, -0.25) is 9.78 Å². The van der Waals surface area contributed by atoms with Crippen molar-refractivity contribution < 1.29 is 14.6 Å². The number of likely N-dealkylation sites (tertiary alicyclic amines) is 1. The van der Waals surface area contributed by atoms with E-state index in [-0.39, 0.29) is 24.2 Å². The lowest BCUT2D eigenvalue weighted by atomic mass is 10.1. The van der Waals surface area contributed by atoms with Gasteiger partial charge in [0, 0.05) is 43.3 Å². The maximum atomic E-state index is 12.5. The predicted molar refractivity (Wildman–Crippen MR) is 165 cm³/mol. The lowest BCUT2D eigenvalue weighted by Gasteiger charge is -2.36. The molecule has 3 unspecified atom stereocenters. The van der Waals surface area contributed by atoms with Crippen LogP contribution in [-0.2, 0) is 11.3 Å². The highest BCUT2D eigenvalue weighted by Crippen LogP contribution is 2.24. The SMILES string of the molecule is CN1CCC(O)C1.Cc1ccc(C(=O)NCc2cc3nc(-c4cccc(N5CC(C)OC(C)C5)n4)ccc3cn2)cc1. The summed E-state index contributed by atoms with van der Waals surface area (Å²) < 4.78 is 5.86. The second kappa shape index (κ2) is 13.4. The molecule has 5 heterocycles. The Bertz CT molecular complexity index is 1490. The van der Waals surface area contributed by atoms with Crippen LogP contribution in [0.3, 0.4) is 0 Å². The third-order valence-electron chi connectivity index (χ3n) is 7.48. The van der Waals surface area contributed by atoms with Gasteiger partial charge in [-0.25, -0.2) is 9.97 Å². The van der Waals surface area contributed by atoms with E-state index in [1.165, 1.54) is 0 Å². The number of ether oxygens (including phenoxy) is 1. The fourth-order valence-electron chi connectivity index (χ4n) is 5.29. The first-order chi connectivity index (χ1) is 20.2. The summed E-state index contributed by atoms with van der Waals surface area (Å²) in [5, 5.41) is 12.7. The molecule has 6 rings (SSSR count). The number of amides is 1. The maximum absolute atomic E-state index is 12.5. The molecule has 2 fully saturated rings. The van der Waals surface area contributed by atoms with Gasteiger partial charge >= 0.3 is 0 Å². The van der Waals surface area contributed by atoms with Crippen LogP contribution in [-0.4, -0.2) is 82.4 Å². The Morgan fingerprint density at radius 1 is 1.00 bits per heavy atom. The number of hydrogen-bond donors (Lipinski definition) is 2. The van der Waals surface area contributed by atoms with Gasteiger partial charge in [0.1, 0.15) is 5.82 Å². The summed E-state index contributed by atoms with van der Waals surface area (Å²) in [7, 11) is 2.02. The minimum Gasteiger partial charge on any atom is -0.392 e. The maximum Gasteiger partial charge on any atom is 0.251 e. The van der Waals surface area contributed by atoms with Crippen molar-refractivity contribution in [3.63, 3.8) is 0 Å². The third kappa shape index (κ3) is 7.67. The van der Waals surface area contributed by atoms with Crippen LogP contribution in [0.1, 0.15) is 41.9 Å². The number of aryl methyl sites for hydroxylation is 1. The van der Waals surface area contributed by atoms with E-state index in [4.69, 9.17) is 19.8 Å². The number of likely N-dealkylation sites (N-methyl/N-ethyl adjacent to an activating group) is 1. The zero-order chi connectivity index (χ0) is 29.6. The van der Waals surface area contributed by atoms with Crippen LogP contribution in [0, 0.1) is 6.92 Å². The largest absolute Gasteiger partial charge is 0.392 e. The number of aromatic nitrogens is 3. The Morgan fingerprint density at radius 3 is 2.40 bits per heavy atom. The smallest absolute Gasteiger partial charge is 0.251 e. The van der Waals surface area contributed by atoms with Gasteiger partial charge in [-0.1, -0.05) is 23.8 Å². The summed E-state index contributed by atoms with van der Waals surface area (Å²) in [5.74, 6) is 0.807. The zero-order valence-electron chi connectivity index (χ0n) is 24.8. The molecule has 2 aliphatic rings. The molecular formula is C33H40N6O3. The van der Waals surface area contributed by atoms with Gasteiger partial charge < -0.3 is 25.0 Å². The second-order valence-electron chi connectivity index (χ2n) is 11.4. The Balaban J connectivity index is 0.000000442. The van der Waals surface area contributed by atoms with Gasteiger partial charge in [-0.15, -0.1) is 0 Å². The fraction of sp³-hybridized carbons (Fsp3) is 0.394. The number of nitrogens with one attached hydrogen (secondary N) is 1. The van der Waals surface area contributed by atoms with E-state index in [0.717, 1.165) is 72.0 Å². The predicted octanol–water partition coefficient (Wildman–Crippen LogP) is 4.23. The van der Waals surface area contributed by atoms with E-state index in [1.807, 2.05) is 74.6 Å². The summed E-state index contributed by atoms with van der Waals surface area (Å²) in [6, 6.07) is 19.4. The summed E-state index contributed by atoms with van der Waals surface area (Å²) in [4.78, 5) is 31.1. The standard InChI is InChI=1S/C28H29N5O2.C5H11NO/c1-18-7-9-21(10-8-18)28(34)30-15-23-13-26-22(14-29-23)11-12-25(31-26)24-5-4-6-27(32-24)33-16-19(2)35-20(3)17-33;1-6-3-2-5(7)4-6/h4-14,19-20H,15-17H2,1-3H3,(H,30,34);5,7H,2-4H2,1H3. The summed E-state index contributed by atoms with van der Waals surface area (Å²) in [6.45, 7) is 10.1. The molecule has 2 N–H and O–H groups in total. The molecular weight excluding hydrogens is 528 g/mol. The van der Waals surface area contributed by atoms with Crippen molar-refractivity contribution in [2.75, 3.05) is 38.1 Å². The molecule has 3 atom stereocenters. The Morgan fingerprint density at radius 2 is 1.74 bits per heavy atom. The molecule has 220 valence electrons. The molecule has 1 amide bonds. The molecule has 2 saturated heterocycles. The van der Waals surface area contributed by atoms with Crippen molar-refractivity contribution in [2.45, 2.75) is 52.0 Å². The quantitative estimate of drug-likeness (QED) is 0.369. The number of aliphatic hydroxyl groups is 1. The minimum atomic E-state index is -0.124. The number of morpholine rings is 1. The highest BCUT2D eigenvalue weighted by Gasteiger charge is 2.23. The topological polar surface area (TPSA) is 104 Å². The minimum absolute atomic E-state index is 0.0509. The van der Waals surface area contributed by atoms with E-state index in [2.05, 4.69) is 33.9 Å². The van der Waals surface area contributed by atoms with Crippen LogP contribution in [0.15, 0.2) is 66.9 Å². The third-order valence-corrected chi connectivity index (χ3v) is 7.48. The number of nitrogens with zero attached hydrogens (tertiary/aromatic N) is 5. The number of aliphatic hydroxyl groups excluding tert-OH is 1. The van der Waals surface area contributed by atoms with Gasteiger partial charge in [0.05, 0.1) is 47.5 Å². The molecule has 0 aliphatic carbocycles. The van der Waals surface area contributed by atoms with Crippen LogP contribution in [0.4, 0.5) is 5.82 Å². The van der Waals surface area contributed by atoms with Crippen molar-refractivity contribution in [2.24, 2.45) is 0 Å². The van der Waals surface area contributed by atoms with E-state index >= 15 is 0 Å². The van der Waals surface area contributed by atoms with E-state index in [9.17, 15) is 4.79 Å². The number of carbonyl (C=O) groups is 1. The lowest BCUT2D eigenvalue weighted by molar-refractivity contribution is -0.00545. The van der Waals surface area contributed by atoms with Crippen LogP contribution in [0.25, 0.3) is 22.3 Å². The average Bonchev–Trinajstić information content (AvgIpc) is 3.37. The summed E-state index contributed by atoms with van der Waals surface area (Å²) in [5.41, 5.74) is 4.94. The van der Waals surface area contributed by atoms with Crippen LogP contribution in [0.5, 0.6) is 0 Å². The molecule has 0 bridgehead atoms. The molecule has 0 radical (unpaired) electrons.